The van der Waals surface area contributed by atoms with E-state index in [0.29, 0.717) is 4.75 Å². The number of nitrogens with one attached hydrogen (secondary N) is 1. The van der Waals surface area contributed by atoms with Crippen molar-refractivity contribution in [3.8, 4) is 5.88 Å². The lowest BCUT2D eigenvalue weighted by Crippen LogP contribution is -2.43. The first-order valence-corrected chi connectivity index (χ1v) is 8.63. The highest BCUT2D eigenvalue weighted by Crippen LogP contribution is 2.42. The summed E-state index contributed by atoms with van der Waals surface area (Å²) in [4.78, 5) is 5.47. The van der Waals surface area contributed by atoms with Crippen molar-refractivity contribution in [2.24, 2.45) is 0 Å². The van der Waals surface area contributed by atoms with Gasteiger partial charge in [-0.15, -0.1) is 11.3 Å². The number of imidazole rings is 1. The Morgan fingerprint density at radius 2 is 2.42 bits per heavy atom. The third-order valence-corrected chi connectivity index (χ3v) is 6.13. The summed E-state index contributed by atoms with van der Waals surface area (Å²) in [6.07, 6.45) is 8.31. The zero-order chi connectivity index (χ0) is 13.3. The Bertz CT molecular complexity index is 554. The molecule has 2 aromatic rings. The number of hydrogen-bond donors (Lipinski definition) is 1. The highest BCUT2D eigenvalue weighted by atomic mass is 32.2. The molecule has 104 valence electrons. The van der Waals surface area contributed by atoms with Gasteiger partial charge in [-0.1, -0.05) is 6.42 Å². The van der Waals surface area contributed by atoms with Gasteiger partial charge in [0.2, 0.25) is 5.88 Å². The number of nitrogens with zero attached hydrogens (tertiary/aromatic N) is 2. The predicted molar refractivity (Wildman–Crippen MR) is 81.4 cm³/mol. The van der Waals surface area contributed by atoms with Crippen LogP contribution in [0.2, 0.25) is 0 Å². The number of ether oxygens (including phenoxy) is 1. The van der Waals surface area contributed by atoms with Crippen molar-refractivity contribution >= 4 is 28.1 Å². The molecular weight excluding hydrogens is 278 g/mol. The molecule has 19 heavy (non-hydrogen) atoms. The number of aromatic nitrogens is 2. The van der Waals surface area contributed by atoms with Crippen LogP contribution in [-0.4, -0.2) is 34.0 Å². The smallest absolute Gasteiger partial charge is 0.237 e. The average molecular weight is 297 g/mol. The minimum atomic E-state index is 0.464. The lowest BCUT2D eigenvalue weighted by atomic mass is 9.84. The molecule has 0 bridgehead atoms. The maximum atomic E-state index is 5.37. The minimum absolute atomic E-state index is 0.464. The van der Waals surface area contributed by atoms with Crippen molar-refractivity contribution in [2.75, 3.05) is 19.9 Å². The summed E-state index contributed by atoms with van der Waals surface area (Å²) in [5.41, 5.74) is 1.12. The van der Waals surface area contributed by atoms with Gasteiger partial charge in [0.15, 0.2) is 4.96 Å². The number of rotatable bonds is 6. The summed E-state index contributed by atoms with van der Waals surface area (Å²) >= 11 is 3.63. The molecule has 0 radical (unpaired) electrons. The Hall–Kier alpha value is -0.720. The molecule has 0 unspecified atom stereocenters. The SMILES string of the molecule is COc1nc2sccn2c1CNCC1(SC)CCC1. The van der Waals surface area contributed by atoms with Crippen LogP contribution in [0.25, 0.3) is 4.96 Å². The Labute approximate surface area is 121 Å². The number of methoxy groups -OCH3 is 1. The van der Waals surface area contributed by atoms with Gasteiger partial charge in [-0.25, -0.2) is 0 Å². The molecule has 1 aliphatic rings. The van der Waals surface area contributed by atoms with Crippen molar-refractivity contribution in [3.63, 3.8) is 0 Å². The van der Waals surface area contributed by atoms with E-state index in [1.165, 1.54) is 19.3 Å². The Kier molecular flexibility index (Phi) is 3.73. The van der Waals surface area contributed by atoms with Gasteiger partial charge in [-0.3, -0.25) is 4.40 Å². The molecule has 1 aliphatic carbocycles. The van der Waals surface area contributed by atoms with E-state index in [0.717, 1.165) is 29.6 Å². The van der Waals surface area contributed by atoms with Crippen LogP contribution in [0.5, 0.6) is 5.88 Å². The summed E-state index contributed by atoms with van der Waals surface area (Å²) in [6, 6.07) is 0. The number of hydrogen-bond acceptors (Lipinski definition) is 5. The van der Waals surface area contributed by atoms with Crippen LogP contribution in [0, 0.1) is 0 Å². The average Bonchev–Trinajstić information content (AvgIpc) is 2.94. The van der Waals surface area contributed by atoms with E-state index < -0.39 is 0 Å². The van der Waals surface area contributed by atoms with Gasteiger partial charge in [0.05, 0.1) is 7.11 Å². The minimum Gasteiger partial charge on any atom is -0.480 e. The van der Waals surface area contributed by atoms with Gasteiger partial charge in [0.1, 0.15) is 5.69 Å². The molecule has 3 rings (SSSR count). The fourth-order valence-corrected chi connectivity index (χ4v) is 4.24. The quantitative estimate of drug-likeness (QED) is 0.890. The van der Waals surface area contributed by atoms with Gasteiger partial charge < -0.3 is 10.1 Å². The summed E-state index contributed by atoms with van der Waals surface area (Å²) in [7, 11) is 1.69. The highest BCUT2D eigenvalue weighted by Gasteiger charge is 2.35. The second kappa shape index (κ2) is 5.34. The van der Waals surface area contributed by atoms with Crippen molar-refractivity contribution in [1.82, 2.24) is 14.7 Å². The number of thioether (sulfide) groups is 1. The molecule has 0 amide bonds. The Morgan fingerprint density at radius 3 is 3.05 bits per heavy atom. The standard InChI is InChI=1S/C13H19N3OS2/c1-17-11-10(16-6-7-19-12(16)15-11)8-14-9-13(18-2)4-3-5-13/h6-7,14H,3-5,8-9H2,1-2H3. The molecule has 4 nitrogen and oxygen atoms in total. The van der Waals surface area contributed by atoms with Gasteiger partial charge in [-0.05, 0) is 19.1 Å². The van der Waals surface area contributed by atoms with Crippen LogP contribution >= 0.6 is 23.1 Å². The van der Waals surface area contributed by atoms with Crippen LogP contribution in [0.15, 0.2) is 11.6 Å². The molecule has 1 N–H and O–H groups in total. The Morgan fingerprint density at radius 1 is 1.58 bits per heavy atom. The van der Waals surface area contributed by atoms with E-state index in [1.807, 2.05) is 11.8 Å². The molecule has 0 aromatic carbocycles. The second-order valence-electron chi connectivity index (χ2n) is 4.97. The fourth-order valence-electron chi connectivity index (χ4n) is 2.57. The first-order chi connectivity index (χ1) is 9.28. The molecule has 2 heterocycles. The third kappa shape index (κ3) is 2.37. The van der Waals surface area contributed by atoms with E-state index in [9.17, 15) is 0 Å². The van der Waals surface area contributed by atoms with Crippen LogP contribution in [-0.2, 0) is 6.54 Å². The first kappa shape index (κ1) is 13.3. The monoisotopic (exact) mass is 297 g/mol. The van der Waals surface area contributed by atoms with Crippen molar-refractivity contribution in [3.05, 3.63) is 17.3 Å². The third-order valence-electron chi connectivity index (χ3n) is 3.96. The van der Waals surface area contributed by atoms with Crippen molar-refractivity contribution in [1.29, 1.82) is 0 Å². The summed E-state index contributed by atoms with van der Waals surface area (Å²) in [5.74, 6) is 0.742. The van der Waals surface area contributed by atoms with Crippen molar-refractivity contribution in [2.45, 2.75) is 30.6 Å². The van der Waals surface area contributed by atoms with Crippen LogP contribution in [0.4, 0.5) is 0 Å². The fraction of sp³-hybridized carbons (Fsp3) is 0.615. The van der Waals surface area contributed by atoms with E-state index in [4.69, 9.17) is 4.74 Å². The van der Waals surface area contributed by atoms with Crippen LogP contribution in [0.3, 0.4) is 0 Å². The van der Waals surface area contributed by atoms with E-state index in [-0.39, 0.29) is 0 Å². The molecule has 2 aromatic heterocycles. The topological polar surface area (TPSA) is 38.6 Å². The normalized spacial score (nSPS) is 17.6. The highest BCUT2D eigenvalue weighted by molar-refractivity contribution is 8.00. The zero-order valence-electron chi connectivity index (χ0n) is 11.3. The largest absolute Gasteiger partial charge is 0.480 e. The van der Waals surface area contributed by atoms with Gasteiger partial charge in [0, 0.05) is 29.4 Å². The van der Waals surface area contributed by atoms with E-state index in [1.54, 1.807) is 18.4 Å². The summed E-state index contributed by atoms with van der Waals surface area (Å²) in [6.45, 7) is 1.87. The molecule has 6 heteroatoms. The van der Waals surface area contributed by atoms with Crippen LogP contribution in [0.1, 0.15) is 25.0 Å². The van der Waals surface area contributed by atoms with Gasteiger partial charge >= 0.3 is 0 Å². The maximum absolute atomic E-state index is 5.37. The molecular formula is C13H19N3OS2. The molecule has 0 saturated heterocycles. The zero-order valence-corrected chi connectivity index (χ0v) is 12.9. The summed E-state index contributed by atoms with van der Waals surface area (Å²) in [5, 5.41) is 5.64. The summed E-state index contributed by atoms with van der Waals surface area (Å²) < 4.78 is 7.95. The van der Waals surface area contributed by atoms with E-state index in [2.05, 4.69) is 32.5 Å². The molecule has 0 atom stereocenters. The van der Waals surface area contributed by atoms with Gasteiger partial charge in [0.25, 0.3) is 0 Å². The lowest BCUT2D eigenvalue weighted by Gasteiger charge is -2.40. The second-order valence-corrected chi connectivity index (χ2v) is 7.11. The molecule has 0 spiro atoms. The molecule has 0 aliphatic heterocycles. The number of fused-ring (bicyclic) bond motifs is 1. The lowest BCUT2D eigenvalue weighted by molar-refractivity contribution is 0.342. The first-order valence-electron chi connectivity index (χ1n) is 6.52. The number of thiazole rings is 1. The van der Waals surface area contributed by atoms with Crippen LogP contribution < -0.4 is 10.1 Å². The van der Waals surface area contributed by atoms with E-state index >= 15 is 0 Å². The Balaban J connectivity index is 1.69. The van der Waals surface area contributed by atoms with Crippen molar-refractivity contribution < 1.29 is 4.74 Å². The predicted octanol–water partition coefficient (Wildman–Crippen LogP) is 2.78. The van der Waals surface area contributed by atoms with Gasteiger partial charge in [-0.2, -0.15) is 16.7 Å². The maximum Gasteiger partial charge on any atom is 0.237 e. The molecule has 1 fully saturated rings. The molecule has 1 saturated carbocycles.